The van der Waals surface area contributed by atoms with Gasteiger partial charge in [-0.15, -0.1) is 0 Å². The van der Waals surface area contributed by atoms with Gasteiger partial charge in [0.2, 0.25) is 0 Å². The van der Waals surface area contributed by atoms with Crippen LogP contribution < -0.4 is 5.73 Å². The quantitative estimate of drug-likeness (QED) is 0.269. The Bertz CT molecular complexity index is 782. The number of hydrogen-bond acceptors (Lipinski definition) is 9. The molecule has 1 aliphatic heterocycles. The van der Waals surface area contributed by atoms with Gasteiger partial charge in [0.15, 0.2) is 6.10 Å². The third-order valence-electron chi connectivity index (χ3n) is 3.89. The summed E-state index contributed by atoms with van der Waals surface area (Å²) in [6, 6.07) is 2.03. The van der Waals surface area contributed by atoms with Gasteiger partial charge in [-0.2, -0.15) is 0 Å². The molecule has 0 aliphatic carbocycles. The predicted octanol–water partition coefficient (Wildman–Crippen LogP) is 2.83. The minimum Gasteiger partial charge on any atom is -0.463 e. The van der Waals surface area contributed by atoms with E-state index in [0.717, 1.165) is 11.8 Å². The molecule has 1 heterocycles. The highest BCUT2D eigenvalue weighted by Gasteiger charge is 2.48. The maximum Gasteiger partial charge on any atom is 0.303 e. The largest absolute Gasteiger partial charge is 0.463 e. The van der Waals surface area contributed by atoms with E-state index in [1.807, 2.05) is 0 Å². The summed E-state index contributed by atoms with van der Waals surface area (Å²) in [6.45, 7) is 2.42. The summed E-state index contributed by atoms with van der Waals surface area (Å²) in [5.74, 6) is -1.17. The molecule has 0 saturated carbocycles. The average Bonchev–Trinajstić information content (AvgIpc) is 2.63. The smallest absolute Gasteiger partial charge is 0.303 e. The lowest BCUT2D eigenvalue weighted by atomic mass is 9.97. The van der Waals surface area contributed by atoms with Gasteiger partial charge in [0.05, 0.1) is 21.1 Å². The number of hydrogen-bond donors (Lipinski definition) is 1. The maximum absolute atomic E-state index is 11.5. The average molecular weight is 487 g/mol. The Morgan fingerprint density at radius 3 is 2.38 bits per heavy atom. The van der Waals surface area contributed by atoms with E-state index in [1.54, 1.807) is 0 Å². The molecular weight excluding hydrogens is 469 g/mol. The Labute approximate surface area is 186 Å². The minimum absolute atomic E-state index is 0.217. The molecule has 2 N–H and O–H groups in total. The van der Waals surface area contributed by atoms with Gasteiger partial charge in [-0.3, -0.25) is 14.4 Å². The highest BCUT2D eigenvalue weighted by molar-refractivity contribution is 8.00. The molecule has 8 nitrogen and oxygen atoms in total. The summed E-state index contributed by atoms with van der Waals surface area (Å²) < 4.78 is 21.3. The van der Waals surface area contributed by atoms with E-state index in [4.69, 9.17) is 59.5 Å². The fourth-order valence-corrected chi connectivity index (χ4v) is 4.59. The van der Waals surface area contributed by atoms with Gasteiger partial charge >= 0.3 is 11.9 Å². The van der Waals surface area contributed by atoms with E-state index in [0.29, 0.717) is 9.92 Å². The van der Waals surface area contributed by atoms with Crippen molar-refractivity contribution in [3.8, 4) is 0 Å². The predicted molar refractivity (Wildman–Crippen MR) is 107 cm³/mol. The number of ether oxygens (including phenoxy) is 4. The van der Waals surface area contributed by atoms with Gasteiger partial charge in [-0.25, -0.2) is 0 Å². The van der Waals surface area contributed by atoms with Crippen LogP contribution in [0.5, 0.6) is 0 Å². The number of rotatable bonds is 7. The Hall–Kier alpha value is -1.23. The normalized spacial score (nSPS) is 26.5. The second-order valence-electron chi connectivity index (χ2n) is 6.01. The van der Waals surface area contributed by atoms with Crippen molar-refractivity contribution in [1.82, 2.24) is 0 Å². The van der Waals surface area contributed by atoms with E-state index < -0.39 is 41.7 Å². The fraction of sp³-hybridized carbons (Fsp3) is 0.471. The van der Waals surface area contributed by atoms with E-state index in [9.17, 15) is 14.4 Å². The van der Waals surface area contributed by atoms with Gasteiger partial charge in [-0.05, 0) is 12.1 Å². The lowest BCUT2D eigenvalue weighted by molar-refractivity contribution is -0.197. The first-order valence-electron chi connectivity index (χ1n) is 8.26. The van der Waals surface area contributed by atoms with Crippen molar-refractivity contribution in [3.63, 3.8) is 0 Å². The molecule has 5 atom stereocenters. The number of carbonyl (C=O) groups is 3. The minimum atomic E-state index is -1.02. The number of nitrogens with two attached hydrogens (primary N) is 1. The molecule has 2 rings (SSSR count). The number of thioether (sulfide) groups is 1. The molecule has 5 unspecified atom stereocenters. The van der Waals surface area contributed by atoms with Crippen molar-refractivity contribution < 1.29 is 33.3 Å². The van der Waals surface area contributed by atoms with Crippen LogP contribution in [0.15, 0.2) is 17.0 Å². The molecule has 0 bridgehead atoms. The molecule has 0 amide bonds. The van der Waals surface area contributed by atoms with E-state index in [2.05, 4.69) is 0 Å². The number of benzene rings is 1. The van der Waals surface area contributed by atoms with E-state index in [-0.39, 0.29) is 23.1 Å². The van der Waals surface area contributed by atoms with Crippen molar-refractivity contribution in [1.29, 1.82) is 0 Å². The first-order valence-corrected chi connectivity index (χ1v) is 10.3. The Morgan fingerprint density at radius 2 is 1.79 bits per heavy atom. The molecule has 1 aromatic rings. The van der Waals surface area contributed by atoms with Crippen molar-refractivity contribution >= 4 is 65.0 Å². The topological polar surface area (TPSA) is 114 Å². The third kappa shape index (κ3) is 6.37. The van der Waals surface area contributed by atoms with Crippen LogP contribution in [-0.2, 0) is 33.3 Å². The summed E-state index contributed by atoms with van der Waals surface area (Å²) in [5, 5.41) is 0.830. The third-order valence-corrected chi connectivity index (χ3v) is 6.24. The van der Waals surface area contributed by atoms with Crippen LogP contribution in [-0.4, -0.2) is 54.8 Å². The molecule has 160 valence electrons. The molecule has 1 saturated heterocycles. The zero-order valence-corrected chi connectivity index (χ0v) is 18.4. The molecule has 0 aromatic heterocycles. The highest BCUT2D eigenvalue weighted by atomic mass is 35.5. The Balaban J connectivity index is 2.33. The molecule has 29 heavy (non-hydrogen) atoms. The lowest BCUT2D eigenvalue weighted by Crippen LogP contribution is -2.63. The summed E-state index contributed by atoms with van der Waals surface area (Å²) in [4.78, 5) is 34.2. The Kier molecular flexibility index (Phi) is 8.87. The van der Waals surface area contributed by atoms with Crippen molar-refractivity contribution in [3.05, 3.63) is 27.2 Å². The number of halogens is 3. The second kappa shape index (κ2) is 10.7. The van der Waals surface area contributed by atoms with Gasteiger partial charge in [0, 0.05) is 18.7 Å². The van der Waals surface area contributed by atoms with E-state index >= 15 is 0 Å². The van der Waals surface area contributed by atoms with Gasteiger partial charge < -0.3 is 24.7 Å². The van der Waals surface area contributed by atoms with Crippen LogP contribution in [0.1, 0.15) is 13.8 Å². The molecule has 0 spiro atoms. The summed E-state index contributed by atoms with van der Waals surface area (Å²) >= 11 is 19.3. The first kappa shape index (κ1) is 24.0. The fourth-order valence-electron chi connectivity index (χ4n) is 2.66. The second-order valence-corrected chi connectivity index (χ2v) is 8.37. The van der Waals surface area contributed by atoms with Gasteiger partial charge in [0.1, 0.15) is 24.3 Å². The van der Waals surface area contributed by atoms with Gasteiger partial charge in [0.25, 0.3) is 6.47 Å². The SMILES string of the molecule is CC(=O)OCC1OC(Sc2cc(Cl)c(Cl)cc2Cl)C(OC=O)C(N)C1OC(C)=O. The molecule has 1 fully saturated rings. The van der Waals surface area contributed by atoms with Crippen LogP contribution in [0.25, 0.3) is 0 Å². The van der Waals surface area contributed by atoms with Crippen molar-refractivity contribution in [2.45, 2.75) is 48.5 Å². The zero-order chi connectivity index (χ0) is 21.7. The first-order chi connectivity index (χ1) is 13.6. The standard InChI is InChI=1S/C17H18Cl3NO7S/c1-7(23)25-5-12-15(27-8(2)24)14(21)16(26-6-22)17(28-12)29-13-4-10(19)9(18)3-11(13)20/h3-4,6,12,14-17H,5,21H2,1-2H3. The summed E-state index contributed by atoms with van der Waals surface area (Å²) in [7, 11) is 0. The van der Waals surface area contributed by atoms with Crippen LogP contribution in [0.4, 0.5) is 0 Å². The molecule has 0 radical (unpaired) electrons. The highest BCUT2D eigenvalue weighted by Crippen LogP contribution is 2.41. The summed E-state index contributed by atoms with van der Waals surface area (Å²) in [6.07, 6.45) is -2.91. The monoisotopic (exact) mass is 485 g/mol. The lowest BCUT2D eigenvalue weighted by Gasteiger charge is -2.43. The van der Waals surface area contributed by atoms with E-state index in [1.165, 1.54) is 26.0 Å². The maximum atomic E-state index is 11.5. The van der Waals surface area contributed by atoms with Crippen LogP contribution in [0, 0.1) is 0 Å². The number of carbonyl (C=O) groups excluding carboxylic acids is 3. The van der Waals surface area contributed by atoms with Crippen LogP contribution in [0.3, 0.4) is 0 Å². The molecule has 1 aliphatic rings. The zero-order valence-electron chi connectivity index (χ0n) is 15.3. The van der Waals surface area contributed by atoms with Crippen LogP contribution >= 0.6 is 46.6 Å². The molecule has 1 aromatic carbocycles. The molecule has 12 heteroatoms. The summed E-state index contributed by atoms with van der Waals surface area (Å²) in [5.41, 5.74) is 5.35. The van der Waals surface area contributed by atoms with Crippen molar-refractivity contribution in [2.75, 3.05) is 6.61 Å². The van der Waals surface area contributed by atoms with Crippen LogP contribution in [0.2, 0.25) is 15.1 Å². The van der Waals surface area contributed by atoms with Gasteiger partial charge in [-0.1, -0.05) is 46.6 Å². The Morgan fingerprint density at radius 1 is 1.14 bits per heavy atom. The van der Waals surface area contributed by atoms with Crippen molar-refractivity contribution in [2.24, 2.45) is 5.73 Å². The number of esters is 2. The molecular formula is C17H18Cl3NO7S.